The Bertz CT molecular complexity index is 3410. The summed E-state index contributed by atoms with van der Waals surface area (Å²) >= 11 is 0. The zero-order chi connectivity index (χ0) is 41.9. The van der Waals surface area contributed by atoms with Crippen molar-refractivity contribution >= 4 is 54.3 Å². The molecule has 0 aliphatic carbocycles. The lowest BCUT2D eigenvalue weighted by Crippen LogP contribution is -1.91. The number of hydrogen-bond acceptors (Lipinski definition) is 1. The fraction of sp³-hybridized carbons (Fsp3) is 0. The molecule has 0 radical (unpaired) electrons. The van der Waals surface area contributed by atoms with Gasteiger partial charge in [0.1, 0.15) is 11.2 Å². The van der Waals surface area contributed by atoms with Crippen molar-refractivity contribution in [1.29, 1.82) is 0 Å². The Morgan fingerprint density at radius 2 is 0.959 bits per heavy atom. The maximum Gasteiger partial charge on any atom is 0.143 e. The molecule has 9 aromatic carbocycles. The van der Waals surface area contributed by atoms with Gasteiger partial charge in [0.2, 0.25) is 0 Å². The quantitative estimate of drug-likeness (QED) is 0.176. The summed E-state index contributed by atoms with van der Waals surface area (Å²) in [6.45, 7) is 0. The van der Waals surface area contributed by atoms with Crippen LogP contribution in [0.25, 0.3) is 98.8 Å². The molecule has 0 atom stereocenters. The average molecular weight is 634 g/mol. The third kappa shape index (κ3) is 4.33. The Morgan fingerprint density at radius 3 is 1.69 bits per heavy atom. The van der Waals surface area contributed by atoms with Crippen molar-refractivity contribution in [2.45, 2.75) is 0 Å². The minimum atomic E-state index is -0.652. The molecule has 0 saturated carbocycles. The number of hydrogen-bond donors (Lipinski definition) is 0. The first-order valence-electron chi connectivity index (χ1n) is 21.5. The van der Waals surface area contributed by atoms with E-state index in [4.69, 9.17) is 16.8 Å². The predicted molar refractivity (Wildman–Crippen MR) is 208 cm³/mol. The van der Waals surface area contributed by atoms with E-state index in [0.717, 1.165) is 43.8 Å². The molecule has 10 aromatic rings. The summed E-state index contributed by atoms with van der Waals surface area (Å²) in [6, 6.07) is 32.3. The van der Waals surface area contributed by atoms with E-state index < -0.39 is 60.4 Å². The molecule has 0 aliphatic rings. The molecule has 0 spiro atoms. The van der Waals surface area contributed by atoms with E-state index in [1.54, 1.807) is 0 Å². The summed E-state index contributed by atoms with van der Waals surface area (Å²) in [5.74, 6) is 0. The summed E-state index contributed by atoms with van der Waals surface area (Å²) in [7, 11) is 0. The lowest BCUT2D eigenvalue weighted by Gasteiger charge is -2.18. The van der Waals surface area contributed by atoms with Gasteiger partial charge in [-0.1, -0.05) is 176 Å². The van der Waals surface area contributed by atoms with Crippen LogP contribution in [0.2, 0.25) is 0 Å². The van der Waals surface area contributed by atoms with Crippen LogP contribution in [0.15, 0.2) is 186 Å². The first kappa shape index (κ1) is 18.8. The van der Waals surface area contributed by atoms with Crippen molar-refractivity contribution in [3.63, 3.8) is 0 Å². The second-order valence-electron chi connectivity index (χ2n) is 12.0. The Hall–Kier alpha value is -6.44. The van der Waals surface area contributed by atoms with Crippen LogP contribution in [-0.2, 0) is 0 Å². The van der Waals surface area contributed by atoms with Crippen LogP contribution in [-0.4, -0.2) is 0 Å². The Kier molecular flexibility index (Phi) is 4.25. The van der Waals surface area contributed by atoms with Gasteiger partial charge >= 0.3 is 0 Å². The molecular weight excluding hydrogens is 593 g/mol. The zero-order valence-electron chi connectivity index (χ0n) is 36.9. The molecule has 49 heavy (non-hydrogen) atoms. The number of fused-ring (bicyclic) bond motifs is 6. The highest BCUT2D eigenvalue weighted by molar-refractivity contribution is 6.26. The van der Waals surface area contributed by atoms with E-state index in [1.807, 2.05) is 60.7 Å². The van der Waals surface area contributed by atoms with Crippen LogP contribution in [0.4, 0.5) is 0 Å². The monoisotopic (exact) mass is 633 g/mol. The fourth-order valence-electron chi connectivity index (χ4n) is 7.22. The molecule has 0 unspecified atom stereocenters. The van der Waals surface area contributed by atoms with Crippen molar-refractivity contribution < 1.29 is 19.5 Å². The molecule has 228 valence electrons. The minimum Gasteiger partial charge on any atom is -0.455 e. The molecule has 0 fully saturated rings. The summed E-state index contributed by atoms with van der Waals surface area (Å²) < 4.78 is 103. The van der Waals surface area contributed by atoms with Gasteiger partial charge in [0, 0.05) is 16.3 Å². The van der Waals surface area contributed by atoms with Crippen molar-refractivity contribution in [3.05, 3.63) is 182 Å². The molecule has 0 amide bonds. The van der Waals surface area contributed by atoms with E-state index in [2.05, 4.69) is 54.6 Å². The fourth-order valence-corrected chi connectivity index (χ4v) is 7.22. The minimum absolute atomic E-state index is 0.0638. The van der Waals surface area contributed by atoms with Crippen LogP contribution in [0.3, 0.4) is 0 Å². The van der Waals surface area contributed by atoms with Gasteiger partial charge in [-0.05, 0) is 77.3 Å². The third-order valence-electron chi connectivity index (χ3n) is 9.33. The van der Waals surface area contributed by atoms with Crippen LogP contribution < -0.4 is 0 Å². The van der Waals surface area contributed by atoms with Crippen molar-refractivity contribution in [2.24, 2.45) is 0 Å². The molecule has 0 bridgehead atoms. The van der Waals surface area contributed by atoms with Crippen LogP contribution in [0, 0.1) is 0 Å². The molecular formula is C48H30O. The van der Waals surface area contributed by atoms with Crippen LogP contribution in [0.1, 0.15) is 15.1 Å². The molecule has 1 nitrogen and oxygen atoms in total. The third-order valence-corrected chi connectivity index (χ3v) is 9.33. The van der Waals surface area contributed by atoms with Gasteiger partial charge in [0.05, 0.1) is 15.1 Å². The van der Waals surface area contributed by atoms with E-state index in [1.165, 1.54) is 0 Å². The number of benzene rings is 9. The lowest BCUT2D eigenvalue weighted by molar-refractivity contribution is 0.670. The summed E-state index contributed by atoms with van der Waals surface area (Å²) in [6.07, 6.45) is 0. The number of furan rings is 1. The van der Waals surface area contributed by atoms with Crippen molar-refractivity contribution in [2.75, 3.05) is 0 Å². The SMILES string of the molecule is [2H]c1c([2H])c([2H])c(-c2c([2H])c([2H])c([2H])c3c2oc2c([2H])c([2H])c([2H])c(-c4c5ccccc5c(-c5ccc(-c6cccc7ccccc67)cc5)c5ccccc45)c23)c([2H])c1[2H]. The topological polar surface area (TPSA) is 13.1 Å². The van der Waals surface area contributed by atoms with Gasteiger partial charge in [0.25, 0.3) is 0 Å². The molecule has 1 aromatic heterocycles. The van der Waals surface area contributed by atoms with Crippen molar-refractivity contribution in [3.8, 4) is 44.5 Å². The van der Waals surface area contributed by atoms with E-state index in [0.29, 0.717) is 16.3 Å². The van der Waals surface area contributed by atoms with E-state index in [9.17, 15) is 2.74 Å². The predicted octanol–water partition coefficient (Wildman–Crippen LogP) is 13.7. The Labute approximate surface area is 299 Å². The molecule has 1 heteroatoms. The van der Waals surface area contributed by atoms with Gasteiger partial charge in [0.15, 0.2) is 0 Å². The van der Waals surface area contributed by atoms with Gasteiger partial charge in [-0.25, -0.2) is 0 Å². The van der Waals surface area contributed by atoms with Crippen LogP contribution in [0.5, 0.6) is 0 Å². The van der Waals surface area contributed by atoms with E-state index in [-0.39, 0.29) is 44.7 Å². The van der Waals surface area contributed by atoms with E-state index >= 15 is 0 Å². The summed E-state index contributed by atoms with van der Waals surface area (Å²) in [5.41, 5.74) is 3.65. The summed E-state index contributed by atoms with van der Waals surface area (Å²) in [5, 5.41) is 5.43. The highest BCUT2D eigenvalue weighted by Crippen LogP contribution is 2.48. The zero-order valence-corrected chi connectivity index (χ0v) is 25.9. The molecule has 1 heterocycles. The summed E-state index contributed by atoms with van der Waals surface area (Å²) in [4.78, 5) is 0. The second kappa shape index (κ2) is 11.1. The highest BCUT2D eigenvalue weighted by Gasteiger charge is 2.21. The largest absolute Gasteiger partial charge is 0.455 e. The van der Waals surface area contributed by atoms with Gasteiger partial charge in [-0.3, -0.25) is 0 Å². The average Bonchev–Trinajstić information content (AvgIpc) is 3.67. The molecule has 0 aliphatic heterocycles. The Balaban J connectivity index is 1.31. The lowest BCUT2D eigenvalue weighted by atomic mass is 9.84. The number of rotatable bonds is 4. The van der Waals surface area contributed by atoms with Crippen LogP contribution >= 0.6 is 0 Å². The molecule has 0 N–H and O–H groups in total. The first-order chi connectivity index (χ1) is 28.9. The maximum atomic E-state index is 9.51. The second-order valence-corrected chi connectivity index (χ2v) is 12.0. The maximum absolute atomic E-state index is 9.51. The Morgan fingerprint density at radius 1 is 0.367 bits per heavy atom. The first-order valence-corrected chi connectivity index (χ1v) is 16.0. The van der Waals surface area contributed by atoms with Gasteiger partial charge in [-0.15, -0.1) is 0 Å². The number of para-hydroxylation sites is 1. The normalized spacial score (nSPS) is 14.8. The highest BCUT2D eigenvalue weighted by atomic mass is 16.3. The molecule has 0 saturated heterocycles. The van der Waals surface area contributed by atoms with Gasteiger partial charge in [-0.2, -0.15) is 0 Å². The van der Waals surface area contributed by atoms with Gasteiger partial charge < -0.3 is 4.42 Å². The van der Waals surface area contributed by atoms with Crippen molar-refractivity contribution in [1.82, 2.24) is 0 Å². The standard InChI is InChI=1S/C48H30O/c1-2-13-32(14-3-1)37-23-11-25-43-47-42(24-12-26-44(47)49-48(37)43)46-40-20-8-6-18-38(40)45(39-19-7-9-21-41(39)46)34-29-27-33(28-30-34)36-22-10-16-31-15-4-5-17-35(31)36/h1-30H/i1D,2D,3D,11D,12D,13D,14D,23D,24D,25D,26D. The molecule has 10 rings (SSSR count). The smallest absolute Gasteiger partial charge is 0.143 e.